The van der Waals surface area contributed by atoms with Gasteiger partial charge in [-0.05, 0) is 46.0 Å². The van der Waals surface area contributed by atoms with Gasteiger partial charge < -0.3 is 30.3 Å². The summed E-state index contributed by atoms with van der Waals surface area (Å²) in [7, 11) is 3.42. The number of likely N-dealkylation sites (N-methyl/N-ethyl adjacent to an activating group) is 1. The van der Waals surface area contributed by atoms with Crippen LogP contribution in [0.25, 0.3) is 0 Å². The number of carbonyl (C=O) groups is 2. The Labute approximate surface area is 197 Å². The van der Waals surface area contributed by atoms with E-state index >= 15 is 0 Å². The van der Waals surface area contributed by atoms with Crippen LogP contribution in [0, 0.1) is 11.8 Å². The molecule has 2 amide bonds. The van der Waals surface area contributed by atoms with Gasteiger partial charge in [0.05, 0.1) is 12.6 Å². The summed E-state index contributed by atoms with van der Waals surface area (Å²) < 4.78 is 10.8. The van der Waals surface area contributed by atoms with E-state index in [0.717, 1.165) is 39.0 Å². The predicted octanol–water partition coefficient (Wildman–Crippen LogP) is 1.57. The molecule has 174 valence electrons. The first kappa shape index (κ1) is 26.7. The Morgan fingerprint density at radius 1 is 1.20 bits per heavy atom. The van der Waals surface area contributed by atoms with Crippen LogP contribution in [0.1, 0.15) is 40.0 Å². The number of guanidine groups is 1. The van der Waals surface area contributed by atoms with E-state index in [-0.39, 0.29) is 42.5 Å². The SMILES string of the molecule is CN(C)C(=O)CN=C(NCC1CCOC1)NCC(NC(=O)OC(C)(C)C)C1CC1.I. The number of alkyl carbamates (subject to hydrolysis) is 1. The molecule has 10 heteroatoms. The van der Waals surface area contributed by atoms with Gasteiger partial charge in [-0.25, -0.2) is 9.79 Å². The van der Waals surface area contributed by atoms with Crippen LogP contribution in [0.15, 0.2) is 4.99 Å². The fraction of sp³-hybridized carbons (Fsp3) is 0.850. The first-order chi connectivity index (χ1) is 13.6. The minimum atomic E-state index is -0.532. The second-order valence-electron chi connectivity index (χ2n) is 9.03. The first-order valence-electron chi connectivity index (χ1n) is 10.4. The van der Waals surface area contributed by atoms with Crippen LogP contribution < -0.4 is 16.0 Å². The summed E-state index contributed by atoms with van der Waals surface area (Å²) in [5.74, 6) is 1.37. The average molecular weight is 539 g/mol. The number of aliphatic imine (C=N–C) groups is 1. The number of hydrogen-bond acceptors (Lipinski definition) is 5. The highest BCUT2D eigenvalue weighted by atomic mass is 127. The van der Waals surface area contributed by atoms with Crippen molar-refractivity contribution in [3.8, 4) is 0 Å². The van der Waals surface area contributed by atoms with E-state index in [1.807, 2.05) is 20.8 Å². The zero-order chi connectivity index (χ0) is 21.4. The van der Waals surface area contributed by atoms with Gasteiger partial charge in [0, 0.05) is 39.7 Å². The van der Waals surface area contributed by atoms with Gasteiger partial charge in [-0.1, -0.05) is 0 Å². The van der Waals surface area contributed by atoms with Crippen LogP contribution in [-0.4, -0.2) is 81.4 Å². The number of amides is 2. The van der Waals surface area contributed by atoms with E-state index in [9.17, 15) is 9.59 Å². The molecule has 1 aliphatic carbocycles. The molecule has 2 aliphatic rings. The molecule has 2 unspecified atom stereocenters. The monoisotopic (exact) mass is 539 g/mol. The number of nitrogens with one attached hydrogen (secondary N) is 3. The lowest BCUT2D eigenvalue weighted by Crippen LogP contribution is -2.50. The molecule has 0 bridgehead atoms. The van der Waals surface area contributed by atoms with E-state index in [0.29, 0.717) is 24.3 Å². The third-order valence-corrected chi connectivity index (χ3v) is 4.84. The molecule has 3 N–H and O–H groups in total. The Morgan fingerprint density at radius 3 is 2.43 bits per heavy atom. The lowest BCUT2D eigenvalue weighted by atomic mass is 10.1. The second kappa shape index (κ2) is 12.5. The predicted molar refractivity (Wildman–Crippen MR) is 127 cm³/mol. The lowest BCUT2D eigenvalue weighted by Gasteiger charge is -2.24. The number of hydrogen-bond donors (Lipinski definition) is 3. The molecule has 0 aromatic carbocycles. The molecular formula is C20H38IN5O4. The smallest absolute Gasteiger partial charge is 0.407 e. The van der Waals surface area contributed by atoms with Crippen molar-refractivity contribution in [3.63, 3.8) is 0 Å². The Kier molecular flexibility index (Phi) is 11.2. The summed E-state index contributed by atoms with van der Waals surface area (Å²) in [4.78, 5) is 30.0. The first-order valence-corrected chi connectivity index (χ1v) is 10.4. The molecular weight excluding hydrogens is 501 g/mol. The van der Waals surface area contributed by atoms with Gasteiger partial charge in [-0.2, -0.15) is 0 Å². The summed E-state index contributed by atoms with van der Waals surface area (Å²) in [5.41, 5.74) is -0.532. The third-order valence-electron chi connectivity index (χ3n) is 4.84. The minimum absolute atomic E-state index is 0. The highest BCUT2D eigenvalue weighted by Crippen LogP contribution is 2.32. The maximum Gasteiger partial charge on any atom is 0.407 e. The highest BCUT2D eigenvalue weighted by Gasteiger charge is 2.33. The summed E-state index contributed by atoms with van der Waals surface area (Å²) in [5, 5.41) is 9.56. The van der Waals surface area contributed by atoms with E-state index < -0.39 is 11.7 Å². The second-order valence-corrected chi connectivity index (χ2v) is 9.03. The van der Waals surface area contributed by atoms with Crippen molar-refractivity contribution in [2.75, 3.05) is 46.9 Å². The maximum atomic E-state index is 12.2. The van der Waals surface area contributed by atoms with Crippen LogP contribution in [-0.2, 0) is 14.3 Å². The normalized spacial score (nSPS) is 20.0. The van der Waals surface area contributed by atoms with Crippen molar-refractivity contribution >= 4 is 41.9 Å². The van der Waals surface area contributed by atoms with Crippen LogP contribution in [0.3, 0.4) is 0 Å². The van der Waals surface area contributed by atoms with Crippen molar-refractivity contribution in [2.24, 2.45) is 16.8 Å². The molecule has 30 heavy (non-hydrogen) atoms. The fourth-order valence-corrected chi connectivity index (χ4v) is 2.95. The summed E-state index contributed by atoms with van der Waals surface area (Å²) in [6, 6.07) is -0.0452. The van der Waals surface area contributed by atoms with Crippen molar-refractivity contribution in [2.45, 2.75) is 51.7 Å². The van der Waals surface area contributed by atoms with E-state index in [2.05, 4.69) is 20.9 Å². The quantitative estimate of drug-likeness (QED) is 0.246. The van der Waals surface area contributed by atoms with Gasteiger partial charge in [0.2, 0.25) is 5.91 Å². The van der Waals surface area contributed by atoms with Crippen LogP contribution >= 0.6 is 24.0 Å². The number of halogens is 1. The molecule has 1 saturated heterocycles. The van der Waals surface area contributed by atoms with Crippen molar-refractivity contribution in [3.05, 3.63) is 0 Å². The van der Waals surface area contributed by atoms with E-state index in [1.165, 1.54) is 4.90 Å². The molecule has 1 heterocycles. The van der Waals surface area contributed by atoms with Gasteiger partial charge in [0.1, 0.15) is 12.1 Å². The minimum Gasteiger partial charge on any atom is -0.444 e. The van der Waals surface area contributed by atoms with Crippen molar-refractivity contribution in [1.82, 2.24) is 20.9 Å². The number of rotatable bonds is 8. The number of carbonyl (C=O) groups excluding carboxylic acids is 2. The van der Waals surface area contributed by atoms with Gasteiger partial charge in [-0.15, -0.1) is 24.0 Å². The van der Waals surface area contributed by atoms with Crippen LogP contribution in [0.4, 0.5) is 4.79 Å². The molecule has 0 aromatic heterocycles. The molecule has 0 radical (unpaired) electrons. The van der Waals surface area contributed by atoms with Gasteiger partial charge in [0.25, 0.3) is 0 Å². The molecule has 0 spiro atoms. The van der Waals surface area contributed by atoms with Crippen LogP contribution in [0.2, 0.25) is 0 Å². The summed E-state index contributed by atoms with van der Waals surface area (Å²) in [6.07, 6.45) is 2.77. The Hall–Kier alpha value is -1.30. The number of nitrogens with zero attached hydrogens (tertiary/aromatic N) is 2. The standard InChI is InChI=1S/C20H37N5O4.HI/c1-20(2,3)29-19(27)24-16(15-6-7-15)11-22-18(23-12-17(26)25(4)5)21-10-14-8-9-28-13-14;/h14-16H,6-13H2,1-5H3,(H,24,27)(H2,21,22,23);1H. The van der Waals surface area contributed by atoms with E-state index in [1.54, 1.807) is 14.1 Å². The molecule has 2 atom stereocenters. The van der Waals surface area contributed by atoms with Crippen molar-refractivity contribution in [1.29, 1.82) is 0 Å². The van der Waals surface area contributed by atoms with Crippen LogP contribution in [0.5, 0.6) is 0 Å². The third kappa shape index (κ3) is 10.6. The molecule has 9 nitrogen and oxygen atoms in total. The average Bonchev–Trinajstić information content (AvgIpc) is 3.33. The summed E-state index contributed by atoms with van der Waals surface area (Å²) >= 11 is 0. The molecule has 1 aliphatic heterocycles. The Bertz CT molecular complexity index is 584. The van der Waals surface area contributed by atoms with Gasteiger partial charge in [-0.3, -0.25) is 4.79 Å². The topological polar surface area (TPSA) is 104 Å². The maximum absolute atomic E-state index is 12.2. The zero-order valence-electron chi connectivity index (χ0n) is 18.8. The highest BCUT2D eigenvalue weighted by molar-refractivity contribution is 14.0. The molecule has 2 fully saturated rings. The number of ether oxygens (including phenoxy) is 2. The lowest BCUT2D eigenvalue weighted by molar-refractivity contribution is -0.127. The largest absolute Gasteiger partial charge is 0.444 e. The summed E-state index contributed by atoms with van der Waals surface area (Å²) in [6.45, 7) is 8.39. The van der Waals surface area contributed by atoms with Gasteiger partial charge in [0.15, 0.2) is 5.96 Å². The molecule has 0 aromatic rings. The Morgan fingerprint density at radius 2 is 1.90 bits per heavy atom. The molecule has 1 saturated carbocycles. The van der Waals surface area contributed by atoms with Crippen molar-refractivity contribution < 1.29 is 19.1 Å². The van der Waals surface area contributed by atoms with E-state index in [4.69, 9.17) is 9.47 Å². The Balaban J connectivity index is 0.00000450. The fourth-order valence-electron chi connectivity index (χ4n) is 2.95. The molecule has 2 rings (SSSR count). The zero-order valence-corrected chi connectivity index (χ0v) is 21.2. The van der Waals surface area contributed by atoms with Gasteiger partial charge >= 0.3 is 6.09 Å².